The van der Waals surface area contributed by atoms with Gasteiger partial charge in [-0.25, -0.2) is 0 Å². The van der Waals surface area contributed by atoms with E-state index < -0.39 is 5.54 Å². The molecule has 4 aromatic carbocycles. The highest BCUT2D eigenvalue weighted by atomic mass is 16.7. The second-order valence-electron chi connectivity index (χ2n) is 8.62. The zero-order valence-electron chi connectivity index (χ0n) is 18.9. The molecule has 1 saturated heterocycles. The van der Waals surface area contributed by atoms with Gasteiger partial charge in [0.25, 0.3) is 5.91 Å². The van der Waals surface area contributed by atoms with Crippen LogP contribution in [0.2, 0.25) is 0 Å². The molecule has 0 bridgehead atoms. The maximum Gasteiger partial charge on any atom is 0.264 e. The molecule has 0 saturated carbocycles. The fourth-order valence-electron chi connectivity index (χ4n) is 4.80. The number of carbonyl (C=O) groups is 1. The quantitative estimate of drug-likeness (QED) is 0.444. The van der Waals surface area contributed by atoms with Crippen LogP contribution in [0.4, 0.5) is 0 Å². The lowest BCUT2D eigenvalue weighted by atomic mass is 9.82. The molecule has 2 aliphatic heterocycles. The number of amides is 1. The van der Waals surface area contributed by atoms with Crippen LogP contribution in [0.3, 0.4) is 0 Å². The molecule has 0 aromatic heterocycles. The van der Waals surface area contributed by atoms with Gasteiger partial charge >= 0.3 is 0 Å². The Hall–Kier alpha value is -4.58. The van der Waals surface area contributed by atoms with Crippen LogP contribution in [0.15, 0.2) is 103 Å². The lowest BCUT2D eigenvalue weighted by Gasteiger charge is -2.28. The van der Waals surface area contributed by atoms with Crippen LogP contribution in [-0.4, -0.2) is 23.6 Å². The van der Waals surface area contributed by atoms with Gasteiger partial charge < -0.3 is 14.8 Å². The number of hydrogen-bond acceptors (Lipinski definition) is 4. The zero-order chi connectivity index (χ0) is 23.8. The Labute approximate surface area is 203 Å². The molecule has 0 aliphatic carbocycles. The molecular weight excluding hydrogens is 438 g/mol. The van der Waals surface area contributed by atoms with E-state index in [1.54, 1.807) is 0 Å². The van der Waals surface area contributed by atoms with Crippen molar-refractivity contribution in [2.45, 2.75) is 12.1 Å². The van der Waals surface area contributed by atoms with Crippen molar-refractivity contribution in [2.75, 3.05) is 6.79 Å². The standard InChI is InChI=1S/C29H23N3O3/c30-28-31-29(23-10-3-1-4-11-23,24-12-5-2-6-13-24)27(33)32(28)18-20-8-7-9-21(16-20)22-14-15-25-26(17-22)35-19-34-25/h1-17H,18-19H2,(H2,30,31). The molecule has 2 heterocycles. The molecule has 0 atom stereocenters. The van der Waals surface area contributed by atoms with Crippen LogP contribution in [0.5, 0.6) is 11.5 Å². The third kappa shape index (κ3) is 3.51. The third-order valence-corrected chi connectivity index (χ3v) is 6.53. The number of rotatable bonds is 5. The van der Waals surface area contributed by atoms with Crippen molar-refractivity contribution in [3.63, 3.8) is 0 Å². The van der Waals surface area contributed by atoms with E-state index >= 15 is 0 Å². The summed E-state index contributed by atoms with van der Waals surface area (Å²) in [6.45, 7) is 0.514. The summed E-state index contributed by atoms with van der Waals surface area (Å²) in [6, 6.07) is 33.1. The topological polar surface area (TPSA) is 74.7 Å². The molecule has 6 nitrogen and oxygen atoms in total. The van der Waals surface area contributed by atoms with Gasteiger partial charge in [0.05, 0.1) is 6.54 Å². The number of ether oxygens (including phenoxy) is 2. The molecule has 2 aliphatic rings. The summed E-state index contributed by atoms with van der Waals surface area (Å²) in [6.07, 6.45) is 0. The van der Waals surface area contributed by atoms with Gasteiger partial charge in [0.1, 0.15) is 0 Å². The van der Waals surface area contributed by atoms with E-state index in [-0.39, 0.29) is 25.2 Å². The van der Waals surface area contributed by atoms with E-state index in [0.717, 1.165) is 39.3 Å². The number of carbonyl (C=O) groups excluding carboxylic acids is 1. The van der Waals surface area contributed by atoms with Gasteiger partial charge in [0.15, 0.2) is 23.0 Å². The molecule has 0 spiro atoms. The highest BCUT2D eigenvalue weighted by Gasteiger charge is 2.52. The second-order valence-corrected chi connectivity index (χ2v) is 8.62. The second kappa shape index (κ2) is 8.33. The van der Waals surface area contributed by atoms with E-state index in [1.165, 1.54) is 4.90 Å². The van der Waals surface area contributed by atoms with Crippen molar-refractivity contribution in [1.82, 2.24) is 10.2 Å². The van der Waals surface area contributed by atoms with Crippen molar-refractivity contribution < 1.29 is 14.3 Å². The minimum absolute atomic E-state index is 0.0798. The Kier molecular flexibility index (Phi) is 4.99. The van der Waals surface area contributed by atoms with E-state index in [9.17, 15) is 4.79 Å². The first-order chi connectivity index (χ1) is 17.1. The number of fused-ring (bicyclic) bond motifs is 1. The Morgan fingerprint density at radius 1 is 0.771 bits per heavy atom. The first-order valence-corrected chi connectivity index (χ1v) is 11.4. The first kappa shape index (κ1) is 21.0. The summed E-state index contributed by atoms with van der Waals surface area (Å²) in [7, 11) is 0. The maximum atomic E-state index is 14.0. The maximum absolute atomic E-state index is 14.0. The highest BCUT2D eigenvalue weighted by Crippen LogP contribution is 2.38. The van der Waals surface area contributed by atoms with Crippen LogP contribution in [0.1, 0.15) is 16.7 Å². The van der Waals surface area contributed by atoms with Crippen LogP contribution >= 0.6 is 0 Å². The van der Waals surface area contributed by atoms with Crippen molar-refractivity contribution in [3.05, 3.63) is 120 Å². The molecule has 6 rings (SSSR count). The minimum atomic E-state index is -1.14. The summed E-state index contributed by atoms with van der Waals surface area (Å²) < 4.78 is 10.9. The Bertz CT molecular complexity index is 1380. The number of nitrogens with one attached hydrogen (secondary N) is 2. The number of benzene rings is 4. The van der Waals surface area contributed by atoms with Gasteiger partial charge in [-0.1, -0.05) is 84.9 Å². The fraction of sp³-hybridized carbons (Fsp3) is 0.103. The predicted octanol–water partition coefficient (Wildman–Crippen LogP) is 4.89. The van der Waals surface area contributed by atoms with Crippen molar-refractivity contribution in [2.24, 2.45) is 0 Å². The lowest BCUT2D eigenvalue weighted by molar-refractivity contribution is -0.130. The van der Waals surface area contributed by atoms with E-state index in [1.807, 2.05) is 103 Å². The van der Waals surface area contributed by atoms with Crippen LogP contribution in [0, 0.1) is 5.41 Å². The van der Waals surface area contributed by atoms with Crippen molar-refractivity contribution in [1.29, 1.82) is 5.41 Å². The lowest BCUT2D eigenvalue weighted by Crippen LogP contribution is -2.45. The van der Waals surface area contributed by atoms with Crippen LogP contribution in [0.25, 0.3) is 11.1 Å². The van der Waals surface area contributed by atoms with Crippen LogP contribution in [-0.2, 0) is 16.9 Å². The summed E-state index contributed by atoms with van der Waals surface area (Å²) >= 11 is 0. The van der Waals surface area contributed by atoms with Crippen molar-refractivity contribution in [3.8, 4) is 22.6 Å². The molecular formula is C29H23N3O3. The number of hydrogen-bond donors (Lipinski definition) is 2. The fourth-order valence-corrected chi connectivity index (χ4v) is 4.80. The van der Waals surface area contributed by atoms with Gasteiger partial charge in [0, 0.05) is 0 Å². The molecule has 4 aromatic rings. The molecule has 1 fully saturated rings. The molecule has 1 amide bonds. The molecule has 0 unspecified atom stereocenters. The van der Waals surface area contributed by atoms with Crippen molar-refractivity contribution >= 4 is 11.9 Å². The zero-order valence-corrected chi connectivity index (χ0v) is 18.9. The van der Waals surface area contributed by atoms with E-state index in [4.69, 9.17) is 14.9 Å². The van der Waals surface area contributed by atoms with E-state index in [2.05, 4.69) is 5.32 Å². The number of guanidine groups is 1. The average Bonchev–Trinajstić information content (AvgIpc) is 3.48. The largest absolute Gasteiger partial charge is 0.454 e. The van der Waals surface area contributed by atoms with Gasteiger partial charge in [-0.15, -0.1) is 0 Å². The predicted molar refractivity (Wildman–Crippen MR) is 133 cm³/mol. The Morgan fingerprint density at radius 3 is 2.14 bits per heavy atom. The molecule has 0 radical (unpaired) electrons. The molecule has 6 heteroatoms. The van der Waals surface area contributed by atoms with Gasteiger partial charge in [-0.2, -0.15) is 0 Å². The molecule has 172 valence electrons. The van der Waals surface area contributed by atoms with Crippen LogP contribution < -0.4 is 14.8 Å². The SMILES string of the molecule is N=C1NC(c2ccccc2)(c2ccccc2)C(=O)N1Cc1cccc(-c2ccc3c(c2)OCO3)c1. The molecule has 35 heavy (non-hydrogen) atoms. The first-order valence-electron chi connectivity index (χ1n) is 11.4. The summed E-state index contributed by atoms with van der Waals surface area (Å²) in [5.74, 6) is 1.37. The molecule has 2 N–H and O–H groups in total. The Morgan fingerprint density at radius 2 is 1.43 bits per heavy atom. The van der Waals surface area contributed by atoms with Gasteiger partial charge in [-0.3, -0.25) is 15.1 Å². The minimum Gasteiger partial charge on any atom is -0.454 e. The number of nitrogens with zero attached hydrogens (tertiary/aromatic N) is 1. The smallest absolute Gasteiger partial charge is 0.264 e. The summed E-state index contributed by atoms with van der Waals surface area (Å²) in [5, 5.41) is 11.9. The highest BCUT2D eigenvalue weighted by molar-refractivity contribution is 6.10. The monoisotopic (exact) mass is 461 g/mol. The average molecular weight is 462 g/mol. The summed E-state index contributed by atoms with van der Waals surface area (Å²) in [4.78, 5) is 15.5. The Balaban J connectivity index is 1.34. The van der Waals surface area contributed by atoms with Gasteiger partial charge in [0.2, 0.25) is 6.79 Å². The van der Waals surface area contributed by atoms with Gasteiger partial charge in [-0.05, 0) is 46.0 Å². The normalized spacial score (nSPS) is 15.8. The van der Waals surface area contributed by atoms with E-state index in [0.29, 0.717) is 0 Å². The third-order valence-electron chi connectivity index (χ3n) is 6.53. The summed E-state index contributed by atoms with van der Waals surface area (Å²) in [5.41, 5.74) is 3.39.